The molecule has 1 aromatic rings. The number of anilines is 1. The van der Waals surface area contributed by atoms with Crippen LogP contribution in [0.4, 0.5) is 5.69 Å². The molecule has 1 aromatic carbocycles. The van der Waals surface area contributed by atoms with Gasteiger partial charge in [-0.15, -0.1) is 0 Å². The molecule has 0 radical (unpaired) electrons. The number of hydrogen-bond acceptors (Lipinski definition) is 2. The Morgan fingerprint density at radius 2 is 2.21 bits per heavy atom. The van der Waals surface area contributed by atoms with Crippen LogP contribution < -0.4 is 4.90 Å². The molecule has 0 atom stereocenters. The maximum atomic E-state index is 9.76. The highest BCUT2D eigenvalue weighted by molar-refractivity contribution is 5.65. The van der Waals surface area contributed by atoms with Gasteiger partial charge in [0.25, 0.3) is 0 Å². The third-order valence-corrected chi connectivity index (χ3v) is 3.02. The first kappa shape index (κ1) is 9.38. The van der Waals surface area contributed by atoms with Crippen molar-refractivity contribution < 1.29 is 5.11 Å². The molecule has 0 saturated heterocycles. The smallest absolute Gasteiger partial charge is 0.120 e. The lowest BCUT2D eigenvalue weighted by atomic mass is 9.96. The first-order chi connectivity index (χ1) is 6.74. The lowest BCUT2D eigenvalue weighted by Crippen LogP contribution is -2.25. The number of hydrogen-bond donors (Lipinski definition) is 1. The minimum Gasteiger partial charge on any atom is -0.508 e. The molecular weight excluding hydrogens is 174 g/mol. The third-order valence-electron chi connectivity index (χ3n) is 3.02. The molecule has 0 bridgehead atoms. The van der Waals surface area contributed by atoms with Crippen molar-refractivity contribution in [3.8, 4) is 5.75 Å². The highest BCUT2D eigenvalue weighted by atomic mass is 16.3. The normalized spacial score (nSPS) is 15.4. The van der Waals surface area contributed by atoms with Crippen molar-refractivity contribution in [2.45, 2.75) is 26.2 Å². The van der Waals surface area contributed by atoms with E-state index in [1.54, 1.807) is 0 Å². The Morgan fingerprint density at radius 3 is 2.93 bits per heavy atom. The van der Waals surface area contributed by atoms with Crippen LogP contribution in [0.1, 0.15) is 24.5 Å². The van der Waals surface area contributed by atoms with E-state index in [-0.39, 0.29) is 0 Å². The molecule has 0 aromatic heterocycles. The average Bonchev–Trinajstić information content (AvgIpc) is 2.19. The summed E-state index contributed by atoms with van der Waals surface area (Å²) in [7, 11) is 2.11. The number of rotatable bonds is 1. The first-order valence-electron chi connectivity index (χ1n) is 5.29. The Bertz CT molecular complexity index is 346. The number of aromatic hydroxyl groups is 1. The number of benzene rings is 1. The van der Waals surface area contributed by atoms with Gasteiger partial charge in [-0.2, -0.15) is 0 Å². The zero-order valence-corrected chi connectivity index (χ0v) is 8.88. The third kappa shape index (κ3) is 1.35. The van der Waals surface area contributed by atoms with Crippen LogP contribution in [-0.4, -0.2) is 18.7 Å². The number of aryl methyl sites for hydroxylation is 1. The fraction of sp³-hybridized carbons (Fsp3) is 0.500. The predicted molar refractivity (Wildman–Crippen MR) is 59.1 cm³/mol. The first-order valence-corrected chi connectivity index (χ1v) is 5.29. The van der Waals surface area contributed by atoms with Crippen molar-refractivity contribution in [1.29, 1.82) is 0 Å². The van der Waals surface area contributed by atoms with Gasteiger partial charge in [0.2, 0.25) is 0 Å². The second-order valence-corrected chi connectivity index (χ2v) is 3.95. The van der Waals surface area contributed by atoms with Gasteiger partial charge >= 0.3 is 0 Å². The summed E-state index contributed by atoms with van der Waals surface area (Å²) in [5.74, 6) is 0.444. The summed E-state index contributed by atoms with van der Waals surface area (Å²) in [4.78, 5) is 2.26. The predicted octanol–water partition coefficient (Wildman–Crippen LogP) is 2.34. The van der Waals surface area contributed by atoms with Gasteiger partial charge in [-0.25, -0.2) is 0 Å². The topological polar surface area (TPSA) is 23.5 Å². The van der Waals surface area contributed by atoms with Gasteiger partial charge in [0.1, 0.15) is 5.75 Å². The lowest BCUT2D eigenvalue weighted by Gasteiger charge is -2.30. The molecule has 1 N–H and O–H groups in total. The van der Waals surface area contributed by atoms with Crippen molar-refractivity contribution in [2.24, 2.45) is 0 Å². The zero-order chi connectivity index (χ0) is 10.1. The summed E-state index contributed by atoms with van der Waals surface area (Å²) in [5.41, 5.74) is 3.75. The summed E-state index contributed by atoms with van der Waals surface area (Å²) < 4.78 is 0. The van der Waals surface area contributed by atoms with Crippen LogP contribution in [0.15, 0.2) is 12.1 Å². The highest BCUT2D eigenvalue weighted by Gasteiger charge is 2.18. The van der Waals surface area contributed by atoms with E-state index in [9.17, 15) is 5.11 Å². The molecule has 0 unspecified atom stereocenters. The SMILES string of the molecule is CCc1c(O)ccc2c1N(C)CCC2. The van der Waals surface area contributed by atoms with Crippen molar-refractivity contribution >= 4 is 5.69 Å². The van der Waals surface area contributed by atoms with E-state index >= 15 is 0 Å². The lowest BCUT2D eigenvalue weighted by molar-refractivity contribution is 0.468. The van der Waals surface area contributed by atoms with Crippen LogP contribution in [0.2, 0.25) is 0 Å². The Morgan fingerprint density at radius 1 is 1.43 bits per heavy atom. The number of phenols is 1. The van der Waals surface area contributed by atoms with Crippen molar-refractivity contribution in [2.75, 3.05) is 18.5 Å². The quantitative estimate of drug-likeness (QED) is 0.736. The summed E-state index contributed by atoms with van der Waals surface area (Å²) in [6, 6.07) is 3.89. The van der Waals surface area contributed by atoms with Crippen LogP contribution in [0.3, 0.4) is 0 Å². The summed E-state index contributed by atoms with van der Waals surface area (Å²) in [6.07, 6.45) is 3.27. The number of nitrogens with zero attached hydrogens (tertiary/aromatic N) is 1. The molecule has 2 rings (SSSR count). The fourth-order valence-corrected chi connectivity index (χ4v) is 2.32. The minimum absolute atomic E-state index is 0.444. The van der Waals surface area contributed by atoms with Gasteiger partial charge in [0, 0.05) is 24.8 Å². The Kier molecular flexibility index (Phi) is 2.36. The maximum Gasteiger partial charge on any atom is 0.120 e. The monoisotopic (exact) mass is 191 g/mol. The highest BCUT2D eigenvalue weighted by Crippen LogP contribution is 2.35. The van der Waals surface area contributed by atoms with E-state index in [1.165, 1.54) is 17.7 Å². The molecule has 1 heterocycles. The molecular formula is C12H17NO. The van der Waals surface area contributed by atoms with Gasteiger partial charge in [0.05, 0.1) is 0 Å². The average molecular weight is 191 g/mol. The Balaban J connectivity index is 2.57. The van der Waals surface area contributed by atoms with E-state index in [1.807, 2.05) is 6.07 Å². The van der Waals surface area contributed by atoms with Crippen LogP contribution in [0, 0.1) is 0 Å². The van der Waals surface area contributed by atoms with Crippen LogP contribution in [0.25, 0.3) is 0 Å². The minimum atomic E-state index is 0.444. The molecule has 1 aliphatic rings. The van der Waals surface area contributed by atoms with Gasteiger partial charge in [0.15, 0.2) is 0 Å². The fourth-order valence-electron chi connectivity index (χ4n) is 2.32. The molecule has 76 valence electrons. The zero-order valence-electron chi connectivity index (χ0n) is 8.88. The molecule has 0 fully saturated rings. The molecule has 2 nitrogen and oxygen atoms in total. The van der Waals surface area contributed by atoms with E-state index in [0.29, 0.717) is 5.75 Å². The molecule has 0 aliphatic carbocycles. The van der Waals surface area contributed by atoms with Crippen LogP contribution in [0.5, 0.6) is 5.75 Å². The Labute approximate surface area is 85.2 Å². The molecule has 2 heteroatoms. The molecule has 0 amide bonds. The van der Waals surface area contributed by atoms with E-state index < -0.39 is 0 Å². The maximum absolute atomic E-state index is 9.76. The second-order valence-electron chi connectivity index (χ2n) is 3.95. The molecule has 0 saturated carbocycles. The molecule has 14 heavy (non-hydrogen) atoms. The van der Waals surface area contributed by atoms with Gasteiger partial charge in [-0.1, -0.05) is 13.0 Å². The van der Waals surface area contributed by atoms with Gasteiger partial charge in [-0.05, 0) is 30.9 Å². The molecule has 1 aliphatic heterocycles. The van der Waals surface area contributed by atoms with E-state index in [4.69, 9.17) is 0 Å². The standard InChI is InChI=1S/C12H17NO/c1-3-10-11(14)7-6-9-5-4-8-13(2)12(9)10/h6-7,14H,3-5,8H2,1-2H3. The second kappa shape index (κ2) is 3.52. The van der Waals surface area contributed by atoms with Crippen LogP contribution in [-0.2, 0) is 12.8 Å². The van der Waals surface area contributed by atoms with Gasteiger partial charge in [-0.3, -0.25) is 0 Å². The van der Waals surface area contributed by atoms with Crippen LogP contribution >= 0.6 is 0 Å². The summed E-state index contributed by atoms with van der Waals surface area (Å²) >= 11 is 0. The Hall–Kier alpha value is -1.18. The number of phenolic OH excluding ortho intramolecular Hbond substituents is 1. The van der Waals surface area contributed by atoms with E-state index in [2.05, 4.69) is 24.9 Å². The summed E-state index contributed by atoms with van der Waals surface area (Å²) in [6.45, 7) is 3.20. The van der Waals surface area contributed by atoms with Gasteiger partial charge < -0.3 is 10.0 Å². The largest absolute Gasteiger partial charge is 0.508 e. The summed E-state index contributed by atoms with van der Waals surface area (Å²) in [5, 5.41) is 9.76. The molecule has 0 spiro atoms. The van der Waals surface area contributed by atoms with Crippen molar-refractivity contribution in [3.63, 3.8) is 0 Å². The van der Waals surface area contributed by atoms with Crippen molar-refractivity contribution in [3.05, 3.63) is 23.3 Å². The van der Waals surface area contributed by atoms with E-state index in [0.717, 1.165) is 24.9 Å². The van der Waals surface area contributed by atoms with Crippen molar-refractivity contribution in [1.82, 2.24) is 0 Å². The number of fused-ring (bicyclic) bond motifs is 1.